The van der Waals surface area contributed by atoms with Crippen LogP contribution in [0.5, 0.6) is 0 Å². The Morgan fingerprint density at radius 1 is 1.08 bits per heavy atom. The van der Waals surface area contributed by atoms with Gasteiger partial charge in [0.1, 0.15) is 6.61 Å². The third-order valence-corrected chi connectivity index (χ3v) is 5.03. The summed E-state index contributed by atoms with van der Waals surface area (Å²) in [4.78, 5) is 16.4. The first-order valence-electron chi connectivity index (χ1n) is 8.76. The van der Waals surface area contributed by atoms with Crippen LogP contribution in [-0.4, -0.2) is 29.3 Å². The van der Waals surface area contributed by atoms with Gasteiger partial charge in [0.05, 0.1) is 17.6 Å². The van der Waals surface area contributed by atoms with Gasteiger partial charge in [-0.25, -0.2) is 0 Å². The monoisotopic (exact) mass is 353 g/mol. The summed E-state index contributed by atoms with van der Waals surface area (Å²) in [7, 11) is -0.528. The van der Waals surface area contributed by atoms with Gasteiger partial charge in [-0.2, -0.15) is 0 Å². The fraction of sp³-hybridized carbons (Fsp3) is 0.400. The molecule has 0 N–H and O–H groups in total. The van der Waals surface area contributed by atoms with E-state index in [0.29, 0.717) is 0 Å². The van der Waals surface area contributed by atoms with Crippen molar-refractivity contribution < 1.29 is 18.8 Å². The Morgan fingerprint density at radius 3 is 2.38 bits per heavy atom. The number of benzene rings is 1. The summed E-state index contributed by atoms with van der Waals surface area (Å²) >= 11 is 0. The van der Waals surface area contributed by atoms with Gasteiger partial charge >= 0.3 is 13.1 Å². The van der Waals surface area contributed by atoms with Crippen molar-refractivity contribution in [1.82, 2.24) is 4.98 Å². The molecule has 136 valence electrons. The first-order valence-corrected chi connectivity index (χ1v) is 8.76. The number of aromatic nitrogens is 1. The maximum absolute atomic E-state index is 12.3. The molecule has 3 rings (SSSR count). The molecule has 0 spiro atoms. The van der Waals surface area contributed by atoms with Crippen molar-refractivity contribution in [2.75, 3.05) is 0 Å². The maximum atomic E-state index is 12.3. The number of rotatable bonds is 5. The molecule has 5 nitrogen and oxygen atoms in total. The molecule has 0 radical (unpaired) electrons. The van der Waals surface area contributed by atoms with E-state index in [4.69, 9.17) is 14.0 Å². The lowest BCUT2D eigenvalue weighted by Crippen LogP contribution is -2.41. The van der Waals surface area contributed by atoms with Crippen LogP contribution < -0.4 is 5.46 Å². The number of carbonyl (C=O) groups excluding carboxylic acids is 1. The SMILES string of the molecule is CC1(C)OB(c2ccncc2CC(=O)OCc2ccccc2)OC1(C)C. The van der Waals surface area contributed by atoms with Crippen molar-refractivity contribution in [3.05, 3.63) is 59.9 Å². The summed E-state index contributed by atoms with van der Waals surface area (Å²) in [6, 6.07) is 11.4. The van der Waals surface area contributed by atoms with Gasteiger partial charge < -0.3 is 14.0 Å². The Labute approximate surface area is 154 Å². The maximum Gasteiger partial charge on any atom is 0.495 e. The van der Waals surface area contributed by atoms with E-state index in [1.54, 1.807) is 12.4 Å². The average Bonchev–Trinajstić information content (AvgIpc) is 2.82. The Hall–Kier alpha value is -2.18. The van der Waals surface area contributed by atoms with Gasteiger partial charge in [0.25, 0.3) is 0 Å². The highest BCUT2D eigenvalue weighted by atomic mass is 16.7. The topological polar surface area (TPSA) is 57.7 Å². The van der Waals surface area contributed by atoms with Gasteiger partial charge in [-0.05, 0) is 50.4 Å². The standard InChI is InChI=1S/C20H24BNO4/c1-19(2)20(3,4)26-21(25-19)17-10-11-22-13-16(17)12-18(23)24-14-15-8-6-5-7-9-15/h5-11,13H,12,14H2,1-4H3. The highest BCUT2D eigenvalue weighted by Crippen LogP contribution is 2.36. The normalized spacial score (nSPS) is 17.9. The Morgan fingerprint density at radius 2 is 1.73 bits per heavy atom. The van der Waals surface area contributed by atoms with E-state index >= 15 is 0 Å². The zero-order valence-corrected chi connectivity index (χ0v) is 15.7. The molecule has 0 aliphatic carbocycles. The minimum atomic E-state index is -0.528. The number of esters is 1. The van der Waals surface area contributed by atoms with Crippen LogP contribution in [-0.2, 0) is 31.9 Å². The van der Waals surface area contributed by atoms with E-state index in [-0.39, 0.29) is 19.0 Å². The van der Waals surface area contributed by atoms with Crippen molar-refractivity contribution in [1.29, 1.82) is 0 Å². The molecule has 0 bridgehead atoms. The van der Waals surface area contributed by atoms with Gasteiger partial charge in [0.2, 0.25) is 0 Å². The number of hydrogen-bond donors (Lipinski definition) is 0. The molecule has 0 unspecified atom stereocenters. The molecule has 1 fully saturated rings. The summed E-state index contributed by atoms with van der Waals surface area (Å²) in [6.45, 7) is 8.26. The quantitative estimate of drug-likeness (QED) is 0.611. The van der Waals surface area contributed by atoms with E-state index in [9.17, 15) is 4.79 Å². The van der Waals surface area contributed by atoms with Crippen LogP contribution in [0.25, 0.3) is 0 Å². The van der Waals surface area contributed by atoms with E-state index in [1.807, 2.05) is 64.1 Å². The molecular formula is C20H24BNO4. The predicted octanol–water partition coefficient (Wildman–Crippen LogP) is 2.67. The van der Waals surface area contributed by atoms with Gasteiger partial charge in [0.15, 0.2) is 0 Å². The van der Waals surface area contributed by atoms with Crippen LogP contribution in [0.2, 0.25) is 0 Å². The smallest absolute Gasteiger partial charge is 0.461 e. The van der Waals surface area contributed by atoms with Crippen LogP contribution in [0.3, 0.4) is 0 Å². The fourth-order valence-corrected chi connectivity index (χ4v) is 2.73. The molecule has 1 aromatic heterocycles. The molecule has 1 aliphatic rings. The first kappa shape index (κ1) is 18.6. The second-order valence-corrected chi connectivity index (χ2v) is 7.49. The molecule has 0 saturated carbocycles. The molecule has 6 heteroatoms. The largest absolute Gasteiger partial charge is 0.495 e. The second-order valence-electron chi connectivity index (χ2n) is 7.49. The van der Waals surface area contributed by atoms with E-state index in [0.717, 1.165) is 16.6 Å². The molecular weight excluding hydrogens is 329 g/mol. The van der Waals surface area contributed by atoms with Crippen LogP contribution in [0.4, 0.5) is 0 Å². The number of hydrogen-bond acceptors (Lipinski definition) is 5. The minimum Gasteiger partial charge on any atom is -0.461 e. The van der Waals surface area contributed by atoms with Crippen molar-refractivity contribution in [3.63, 3.8) is 0 Å². The molecule has 2 aromatic rings. The second kappa shape index (κ2) is 7.21. The van der Waals surface area contributed by atoms with E-state index < -0.39 is 18.3 Å². The van der Waals surface area contributed by atoms with Crippen molar-refractivity contribution in [2.45, 2.75) is 51.9 Å². The van der Waals surface area contributed by atoms with E-state index in [2.05, 4.69) is 4.98 Å². The predicted molar refractivity (Wildman–Crippen MR) is 99.9 cm³/mol. The van der Waals surface area contributed by atoms with Crippen LogP contribution >= 0.6 is 0 Å². The lowest BCUT2D eigenvalue weighted by atomic mass is 9.76. The summed E-state index contributed by atoms with van der Waals surface area (Å²) in [5.74, 6) is -0.306. The van der Waals surface area contributed by atoms with Gasteiger partial charge in [-0.15, -0.1) is 0 Å². The summed E-state index contributed by atoms with van der Waals surface area (Å²) in [5.41, 5.74) is 1.65. The zero-order chi connectivity index (χ0) is 18.8. The molecule has 0 amide bonds. The molecule has 1 saturated heterocycles. The average molecular weight is 353 g/mol. The fourth-order valence-electron chi connectivity index (χ4n) is 2.73. The molecule has 2 heterocycles. The van der Waals surface area contributed by atoms with Gasteiger partial charge in [0, 0.05) is 12.4 Å². The summed E-state index contributed by atoms with van der Waals surface area (Å²) in [5, 5.41) is 0. The van der Waals surface area contributed by atoms with Gasteiger partial charge in [-0.1, -0.05) is 30.3 Å². The Kier molecular flexibility index (Phi) is 5.16. The zero-order valence-electron chi connectivity index (χ0n) is 15.7. The van der Waals surface area contributed by atoms with Crippen molar-refractivity contribution in [3.8, 4) is 0 Å². The molecule has 26 heavy (non-hydrogen) atoms. The van der Waals surface area contributed by atoms with Crippen LogP contribution in [0.15, 0.2) is 48.8 Å². The Bertz CT molecular complexity index is 760. The summed E-state index contributed by atoms with van der Waals surface area (Å²) in [6.07, 6.45) is 3.48. The molecule has 1 aliphatic heterocycles. The highest BCUT2D eigenvalue weighted by molar-refractivity contribution is 6.62. The molecule has 1 aromatic carbocycles. The lowest BCUT2D eigenvalue weighted by Gasteiger charge is -2.32. The minimum absolute atomic E-state index is 0.125. The van der Waals surface area contributed by atoms with Crippen LogP contribution in [0.1, 0.15) is 38.8 Å². The van der Waals surface area contributed by atoms with Crippen molar-refractivity contribution >= 4 is 18.6 Å². The van der Waals surface area contributed by atoms with Crippen molar-refractivity contribution in [2.24, 2.45) is 0 Å². The first-order chi connectivity index (χ1) is 12.3. The molecule has 0 atom stereocenters. The summed E-state index contributed by atoms with van der Waals surface area (Å²) < 4.78 is 17.6. The van der Waals surface area contributed by atoms with E-state index in [1.165, 1.54) is 0 Å². The Balaban J connectivity index is 1.69. The van der Waals surface area contributed by atoms with Gasteiger partial charge in [-0.3, -0.25) is 9.78 Å². The number of ether oxygens (including phenoxy) is 1. The number of pyridine rings is 1. The third kappa shape index (κ3) is 3.97. The number of carbonyl (C=O) groups is 1. The van der Waals surface area contributed by atoms with Crippen LogP contribution in [0, 0.1) is 0 Å². The number of nitrogens with zero attached hydrogens (tertiary/aromatic N) is 1. The lowest BCUT2D eigenvalue weighted by molar-refractivity contribution is -0.144. The highest BCUT2D eigenvalue weighted by Gasteiger charge is 2.52. The third-order valence-electron chi connectivity index (χ3n) is 5.03.